The lowest BCUT2D eigenvalue weighted by atomic mass is 10.1. The van der Waals surface area contributed by atoms with E-state index in [1.807, 2.05) is 36.1 Å². The third-order valence-corrected chi connectivity index (χ3v) is 2.92. The molecule has 4 nitrogen and oxygen atoms in total. The summed E-state index contributed by atoms with van der Waals surface area (Å²) < 4.78 is 5.10. The Morgan fingerprint density at radius 1 is 1.41 bits per heavy atom. The van der Waals surface area contributed by atoms with Gasteiger partial charge in [-0.3, -0.25) is 0 Å². The van der Waals surface area contributed by atoms with Gasteiger partial charge >= 0.3 is 5.97 Å². The zero-order valence-corrected chi connectivity index (χ0v) is 9.51. The first kappa shape index (κ1) is 10.1. The zero-order valence-electron chi connectivity index (χ0n) is 9.51. The minimum absolute atomic E-state index is 0.285. The molecule has 0 N–H and O–H groups in total. The number of fused-ring (bicyclic) bond motifs is 3. The molecule has 0 aliphatic carbocycles. The van der Waals surface area contributed by atoms with Gasteiger partial charge in [0, 0.05) is 10.4 Å². The van der Waals surface area contributed by atoms with Crippen molar-refractivity contribution in [2.45, 2.75) is 6.92 Å². The van der Waals surface area contributed by atoms with Gasteiger partial charge in [0.1, 0.15) is 5.70 Å². The summed E-state index contributed by atoms with van der Waals surface area (Å²) in [4.78, 5) is 18.1. The number of carbonyl (C=O) groups is 1. The van der Waals surface area contributed by atoms with Crippen molar-refractivity contribution in [2.75, 3.05) is 13.2 Å². The molecule has 0 saturated heterocycles. The Bertz CT molecular complexity index is 631. The first-order valence-electron chi connectivity index (χ1n) is 5.61. The van der Waals surface area contributed by atoms with Crippen LogP contribution < -0.4 is 10.4 Å². The molecular weight excluding hydrogens is 216 g/mol. The summed E-state index contributed by atoms with van der Waals surface area (Å²) in [5.74, 6) is -0.285. The summed E-state index contributed by atoms with van der Waals surface area (Å²) in [5, 5.41) is 1.94. The number of hydrogen-bond donors (Lipinski definition) is 0. The van der Waals surface area contributed by atoms with Crippen molar-refractivity contribution in [1.29, 1.82) is 0 Å². The van der Waals surface area contributed by atoms with Gasteiger partial charge in [-0.05, 0) is 6.92 Å². The van der Waals surface area contributed by atoms with E-state index in [0.717, 1.165) is 16.1 Å². The summed E-state index contributed by atoms with van der Waals surface area (Å²) in [6, 6.07) is 7.80. The highest BCUT2D eigenvalue weighted by atomic mass is 16.5. The second-order valence-corrected chi connectivity index (χ2v) is 3.93. The number of esters is 1. The van der Waals surface area contributed by atoms with Gasteiger partial charge in [-0.25, -0.2) is 9.79 Å². The fourth-order valence-electron chi connectivity index (χ4n) is 2.20. The van der Waals surface area contributed by atoms with Crippen LogP contribution in [0, 0.1) is 0 Å². The molecule has 2 heterocycles. The van der Waals surface area contributed by atoms with Crippen molar-refractivity contribution in [3.63, 3.8) is 0 Å². The van der Waals surface area contributed by atoms with Gasteiger partial charge in [0.05, 0.1) is 25.2 Å². The minimum atomic E-state index is -0.285. The topological polar surface area (TPSA) is 41.9 Å². The summed E-state index contributed by atoms with van der Waals surface area (Å²) in [5.41, 5.74) is 1.60. The van der Waals surface area contributed by atoms with E-state index in [4.69, 9.17) is 4.74 Å². The molecule has 2 aliphatic rings. The van der Waals surface area contributed by atoms with E-state index >= 15 is 0 Å². The molecule has 2 bridgehead atoms. The maximum atomic E-state index is 12.0. The second-order valence-electron chi connectivity index (χ2n) is 3.93. The standard InChI is InChI=1S/C13H12N2O2/c1-2-17-13(16)12-10-6-4-3-5-9(10)11-7-15(12)8-14-11/h3-6,8H,2,7H2,1H3. The van der Waals surface area contributed by atoms with Gasteiger partial charge < -0.3 is 9.64 Å². The molecule has 0 atom stereocenters. The molecule has 1 aromatic carbocycles. The molecule has 3 rings (SSSR count). The van der Waals surface area contributed by atoms with E-state index < -0.39 is 0 Å². The van der Waals surface area contributed by atoms with Gasteiger partial charge in [-0.15, -0.1) is 0 Å². The van der Waals surface area contributed by atoms with Crippen LogP contribution in [-0.2, 0) is 9.53 Å². The molecule has 4 heteroatoms. The lowest BCUT2D eigenvalue weighted by Gasteiger charge is -2.19. The molecule has 0 aromatic heterocycles. The van der Waals surface area contributed by atoms with E-state index in [1.165, 1.54) is 0 Å². The summed E-state index contributed by atoms with van der Waals surface area (Å²) >= 11 is 0. The van der Waals surface area contributed by atoms with E-state index in [2.05, 4.69) is 4.99 Å². The van der Waals surface area contributed by atoms with Gasteiger partial charge in [0.2, 0.25) is 0 Å². The average Bonchev–Trinajstić information content (AvgIpc) is 2.75. The molecule has 17 heavy (non-hydrogen) atoms. The number of nitrogens with zero attached hydrogens (tertiary/aromatic N) is 2. The average molecular weight is 228 g/mol. The number of ether oxygens (including phenoxy) is 1. The maximum Gasteiger partial charge on any atom is 0.355 e. The highest BCUT2D eigenvalue weighted by Gasteiger charge is 2.26. The second kappa shape index (κ2) is 3.73. The lowest BCUT2D eigenvalue weighted by molar-refractivity contribution is -0.137. The Hall–Kier alpha value is -2.10. The predicted molar refractivity (Wildman–Crippen MR) is 64.3 cm³/mol. The molecule has 1 aromatic rings. The Kier molecular flexibility index (Phi) is 2.21. The first-order valence-corrected chi connectivity index (χ1v) is 5.61. The van der Waals surface area contributed by atoms with Crippen molar-refractivity contribution < 1.29 is 9.53 Å². The molecular formula is C13H12N2O2. The molecule has 0 unspecified atom stereocenters. The van der Waals surface area contributed by atoms with Gasteiger partial charge in [-0.1, -0.05) is 24.3 Å². The van der Waals surface area contributed by atoms with Crippen LogP contribution in [-0.4, -0.2) is 30.4 Å². The molecule has 0 spiro atoms. The van der Waals surface area contributed by atoms with Crippen molar-refractivity contribution in [3.8, 4) is 0 Å². The SMILES string of the molecule is CCOC(=O)C1=c2ccccc2=C2CN1C=N2. The van der Waals surface area contributed by atoms with Crippen molar-refractivity contribution in [1.82, 2.24) is 4.90 Å². The number of carbonyl (C=O) groups excluding carboxylic acids is 1. The molecule has 0 fully saturated rings. The quantitative estimate of drug-likeness (QED) is 0.660. The molecule has 2 aliphatic heterocycles. The van der Waals surface area contributed by atoms with Gasteiger partial charge in [0.15, 0.2) is 0 Å². The Morgan fingerprint density at radius 2 is 2.18 bits per heavy atom. The number of rotatable bonds is 2. The van der Waals surface area contributed by atoms with Crippen LogP contribution in [0.1, 0.15) is 6.92 Å². The summed E-state index contributed by atoms with van der Waals surface area (Å²) in [6.07, 6.45) is 1.70. The predicted octanol–water partition coefficient (Wildman–Crippen LogP) is -0.176. The van der Waals surface area contributed by atoms with Crippen LogP contribution in [0.2, 0.25) is 0 Å². The summed E-state index contributed by atoms with van der Waals surface area (Å²) in [6.45, 7) is 2.85. The largest absolute Gasteiger partial charge is 0.461 e. The monoisotopic (exact) mass is 228 g/mol. The van der Waals surface area contributed by atoms with Crippen LogP contribution in [0.5, 0.6) is 0 Å². The highest BCUT2D eigenvalue weighted by molar-refractivity contribution is 6.13. The third-order valence-electron chi connectivity index (χ3n) is 2.92. The number of hydrogen-bond acceptors (Lipinski definition) is 4. The number of benzene rings is 1. The van der Waals surface area contributed by atoms with Crippen LogP contribution in [0.3, 0.4) is 0 Å². The summed E-state index contributed by atoms with van der Waals surface area (Å²) in [7, 11) is 0. The van der Waals surface area contributed by atoms with Crippen LogP contribution in [0.4, 0.5) is 0 Å². The van der Waals surface area contributed by atoms with Crippen molar-refractivity contribution >= 4 is 23.7 Å². The fourth-order valence-corrected chi connectivity index (χ4v) is 2.20. The van der Waals surface area contributed by atoms with E-state index in [-0.39, 0.29) is 5.97 Å². The fraction of sp³-hybridized carbons (Fsp3) is 0.231. The Labute approximate surface area is 98.5 Å². The van der Waals surface area contributed by atoms with Crippen molar-refractivity contribution in [2.24, 2.45) is 4.99 Å². The first-order chi connectivity index (χ1) is 8.31. The lowest BCUT2D eigenvalue weighted by Crippen LogP contribution is -2.42. The molecule has 86 valence electrons. The Balaban J connectivity index is 2.30. The molecule has 0 saturated carbocycles. The zero-order chi connectivity index (χ0) is 11.8. The highest BCUT2D eigenvalue weighted by Crippen LogP contribution is 2.16. The smallest absolute Gasteiger partial charge is 0.355 e. The number of aliphatic imine (C=N–C) groups is 1. The maximum absolute atomic E-state index is 12.0. The third kappa shape index (κ3) is 1.45. The van der Waals surface area contributed by atoms with E-state index in [9.17, 15) is 4.79 Å². The Morgan fingerprint density at radius 3 is 2.94 bits per heavy atom. The minimum Gasteiger partial charge on any atom is -0.461 e. The van der Waals surface area contributed by atoms with Crippen LogP contribution in [0.15, 0.2) is 29.3 Å². The van der Waals surface area contributed by atoms with Crippen LogP contribution >= 0.6 is 0 Å². The van der Waals surface area contributed by atoms with Gasteiger partial charge in [-0.2, -0.15) is 0 Å². The van der Waals surface area contributed by atoms with E-state index in [1.54, 1.807) is 6.34 Å². The molecule has 0 radical (unpaired) electrons. The van der Waals surface area contributed by atoms with Crippen LogP contribution in [0.25, 0.3) is 11.4 Å². The molecule has 0 amide bonds. The normalized spacial score (nSPS) is 16.2. The van der Waals surface area contributed by atoms with E-state index in [0.29, 0.717) is 18.8 Å². The van der Waals surface area contributed by atoms with Crippen molar-refractivity contribution in [3.05, 3.63) is 34.7 Å². The van der Waals surface area contributed by atoms with Gasteiger partial charge in [0.25, 0.3) is 0 Å².